The largest absolute Gasteiger partial charge is 0.376 e. The average molecular weight is 2010 g/mol. The number of anilines is 8. The molecule has 0 atom stereocenters. The van der Waals surface area contributed by atoms with Crippen molar-refractivity contribution in [3.63, 3.8) is 0 Å². The molecule has 2 fully saturated rings. The van der Waals surface area contributed by atoms with Crippen LogP contribution in [0.15, 0.2) is 328 Å². The summed E-state index contributed by atoms with van der Waals surface area (Å²) in [6, 6.07) is 108. The second-order valence-electron chi connectivity index (χ2n) is 36.5. The molecule has 26 nitrogen and oxygen atoms in total. The summed E-state index contributed by atoms with van der Waals surface area (Å²) in [4.78, 5) is 59.7. The fraction of sp³-hybridized carbons (Fsp3) is 0.285. The topological polar surface area (TPSA) is 262 Å². The minimum Gasteiger partial charge on any atom is -0.376 e. The number of aliphatic hydroxyl groups excluding tert-OH is 4. The van der Waals surface area contributed by atoms with Crippen LogP contribution in [0.2, 0.25) is 0 Å². The second kappa shape index (κ2) is 55.5. The molecule has 26 heteroatoms. The first-order chi connectivity index (χ1) is 73.3. The van der Waals surface area contributed by atoms with Gasteiger partial charge in [-0.1, -0.05) is 244 Å². The number of carbonyl (C=O) groups is 2. The summed E-state index contributed by atoms with van der Waals surface area (Å²) in [6.45, 7) is 13.9. The molecule has 0 unspecified atom stereocenters. The highest BCUT2D eigenvalue weighted by Crippen LogP contribution is 2.44. The number of methoxy groups -OCH3 is 7. The molecule has 0 saturated carbocycles. The Bertz CT molecular complexity index is 7220. The number of fused-ring (bicyclic) bond motifs is 16. The van der Waals surface area contributed by atoms with Crippen LogP contribution in [-0.2, 0) is 39.7 Å². The van der Waals surface area contributed by atoms with E-state index in [9.17, 15) is 30.0 Å². The van der Waals surface area contributed by atoms with Gasteiger partial charge in [0.15, 0.2) is 11.6 Å². The Morgan fingerprint density at radius 3 is 1.03 bits per heavy atom. The van der Waals surface area contributed by atoms with E-state index in [2.05, 4.69) is 164 Å². The van der Waals surface area contributed by atoms with E-state index >= 15 is 0 Å². The number of likely N-dealkylation sites (tertiary alicyclic amines) is 2. The third-order valence-corrected chi connectivity index (χ3v) is 26.8. The van der Waals surface area contributed by atoms with Crippen molar-refractivity contribution in [2.75, 3.05) is 186 Å². The summed E-state index contributed by atoms with van der Waals surface area (Å²) in [7, 11) is 11.9. The highest BCUT2D eigenvalue weighted by Gasteiger charge is 2.33. The van der Waals surface area contributed by atoms with E-state index < -0.39 is 0 Å². The molecule has 0 bridgehead atoms. The minimum absolute atomic E-state index is 0.0500. The molecule has 0 amide bonds. The predicted octanol–water partition coefficient (Wildman–Crippen LogP) is 23.8. The lowest BCUT2D eigenvalue weighted by Gasteiger charge is -2.25. The van der Waals surface area contributed by atoms with Gasteiger partial charge in [0.2, 0.25) is 0 Å². The van der Waals surface area contributed by atoms with E-state index in [1.165, 1.54) is 132 Å². The van der Waals surface area contributed by atoms with E-state index in [1.54, 1.807) is 66.8 Å². The van der Waals surface area contributed by atoms with Crippen LogP contribution < -0.4 is 29.4 Å². The standard InChI is InChI=1S/C20H17N3O.C19H15N3O.C18H19NO2.C17H20N2O.C17H17NO3.C15H13NO3.C9H19NO.C8H17NO/c1-24-14-23(19-12-10-15-6-2-4-8-17(15)21-19)20-13-11-16-7-3-5-9-18(16)22-20;23-13-22(18-11-9-14-5-1-3-7-16(14)20-18)19-12-10-15-6-2-4-8-17(15)21-19;1-20-12-19(13-21-2)18-11-14-7-3-4-8-15(14)16-9-5-6-10-17(16)18;1-3-18(12-20)13-9-10-17-15(11-13)14-7-5-6-8-16(14)19(17)4-2;1-20-10-18(11-21-2)15-9-5-8-13-12-6-3-4-7-14(12)17(19)16(13)15;17-8-16(9-18)13-7-3-6-11-10-4-1-2-5-12(10)15(19)14(11)13;1-11-9-10-7-5-3-2-4-6-8-10;1-10-8-9-6-4-2-3-5-7-9/h2-13H,14H2,1H3;1-12,23H,13H2;3-11H,12-13H2,1-2H3;5-11,20H,3-4,12H2,1-2H3;3-9H,10-11H2,1-2H3;1-7,17-18H,8-9H2;2-9H2,1H3;2-8H2,1H3. The number of carbonyl (C=O) groups excluding carboxylic acids is 2. The molecule has 149 heavy (non-hydrogen) atoms. The summed E-state index contributed by atoms with van der Waals surface area (Å²) < 4.78 is 39.0. The van der Waals surface area contributed by atoms with E-state index in [0.29, 0.717) is 62.1 Å². The number of pyridine rings is 4. The molecule has 7 heterocycles. The zero-order valence-corrected chi connectivity index (χ0v) is 86.8. The maximum Gasteiger partial charge on any atom is 0.196 e. The van der Waals surface area contributed by atoms with Gasteiger partial charge < -0.3 is 77.8 Å². The second-order valence-corrected chi connectivity index (χ2v) is 36.5. The molecule has 2 saturated heterocycles. The number of rotatable bonds is 28. The highest BCUT2D eigenvalue weighted by atomic mass is 16.5. The Morgan fingerprint density at radius 2 is 0.624 bits per heavy atom. The number of ketones is 2. The van der Waals surface area contributed by atoms with Crippen LogP contribution in [0.3, 0.4) is 0 Å². The highest BCUT2D eigenvalue weighted by molar-refractivity contribution is 6.25. The van der Waals surface area contributed by atoms with Crippen LogP contribution in [0.1, 0.15) is 103 Å². The van der Waals surface area contributed by atoms with Gasteiger partial charge in [-0.25, -0.2) is 19.9 Å². The van der Waals surface area contributed by atoms with Gasteiger partial charge in [0, 0.05) is 160 Å². The van der Waals surface area contributed by atoms with Crippen molar-refractivity contribution in [2.45, 2.75) is 78.2 Å². The monoisotopic (exact) mass is 2000 g/mol. The number of aliphatic hydroxyl groups is 4. The molecule has 13 aromatic carbocycles. The SMILES string of the molecule is CCN(CO)c1ccc2c(c1)c1ccccc1n2CC.COCN(COC)c1cc2ccccc2c2ccccc12.COCN(COC)c1cccc2c1C(=O)c1ccccc1-2.COCN(c1ccc2ccccc2n1)c1ccc2ccccc2n1.COCN1CCCCCC1.COCN1CCCCCCC1.O=C1c2ccccc2-c2cccc(N(CO)CO)c21.OCN(c1ccc2ccccc2n1)c1ccc2ccccc2n1. The molecular formula is C123H137N13O13. The van der Waals surface area contributed by atoms with Gasteiger partial charge in [-0.05, 0) is 193 Å². The maximum atomic E-state index is 12.7. The molecule has 4 aliphatic rings. The fourth-order valence-electron chi connectivity index (χ4n) is 19.6. The third-order valence-electron chi connectivity index (χ3n) is 26.8. The smallest absolute Gasteiger partial charge is 0.196 e. The van der Waals surface area contributed by atoms with Crippen LogP contribution >= 0.6 is 0 Å². The predicted molar refractivity (Wildman–Crippen MR) is 605 cm³/mol. The first-order valence-corrected chi connectivity index (χ1v) is 51.0. The summed E-state index contributed by atoms with van der Waals surface area (Å²) in [6.07, 6.45) is 12.4. The zero-order chi connectivity index (χ0) is 104. The van der Waals surface area contributed by atoms with Gasteiger partial charge in [0.25, 0.3) is 0 Å². The summed E-state index contributed by atoms with van der Waals surface area (Å²) in [5, 5.41) is 49.7. The number of para-hydroxylation sites is 5. The normalized spacial score (nSPS) is 13.0. The lowest BCUT2D eigenvalue weighted by Crippen LogP contribution is -2.29. The Labute approximate surface area is 873 Å². The van der Waals surface area contributed by atoms with E-state index in [0.717, 1.165) is 132 Å². The van der Waals surface area contributed by atoms with Gasteiger partial charge in [-0.3, -0.25) is 29.2 Å². The lowest BCUT2D eigenvalue weighted by atomic mass is 10.00. The number of hydrogen-bond donors (Lipinski definition) is 4. The zero-order valence-electron chi connectivity index (χ0n) is 86.8. The average Bonchev–Trinajstić information content (AvgIpc) is 1.46. The summed E-state index contributed by atoms with van der Waals surface area (Å²) >= 11 is 0. The lowest BCUT2D eigenvalue weighted by molar-refractivity contribution is 0.0579. The van der Waals surface area contributed by atoms with Crippen molar-refractivity contribution < 1.29 is 63.2 Å². The van der Waals surface area contributed by atoms with Crippen molar-refractivity contribution in [3.05, 3.63) is 350 Å². The van der Waals surface area contributed by atoms with Crippen molar-refractivity contribution in [1.29, 1.82) is 0 Å². The fourth-order valence-corrected chi connectivity index (χ4v) is 19.6. The van der Waals surface area contributed by atoms with E-state index in [-0.39, 0.29) is 38.5 Å². The molecule has 0 radical (unpaired) electrons. The van der Waals surface area contributed by atoms with Crippen molar-refractivity contribution in [1.82, 2.24) is 34.3 Å². The van der Waals surface area contributed by atoms with Gasteiger partial charge >= 0.3 is 0 Å². The quantitative estimate of drug-likeness (QED) is 0.0262. The first-order valence-electron chi connectivity index (χ1n) is 51.0. The third kappa shape index (κ3) is 26.8. The molecule has 4 N–H and O–H groups in total. The molecule has 22 rings (SSSR count). The molecule has 2 aliphatic heterocycles. The number of nitrogens with zero attached hydrogens (tertiary/aromatic N) is 13. The van der Waals surface area contributed by atoms with Crippen LogP contribution in [0.4, 0.5) is 46.0 Å². The molecule has 772 valence electrons. The van der Waals surface area contributed by atoms with Gasteiger partial charge in [0.05, 0.1) is 58.0 Å². The molecular weight excluding hydrogens is 1870 g/mol. The Balaban J connectivity index is 0.000000129. The Morgan fingerprint density at radius 1 is 0.275 bits per heavy atom. The van der Waals surface area contributed by atoms with E-state index in [1.807, 2.05) is 209 Å². The van der Waals surface area contributed by atoms with Crippen LogP contribution in [-0.4, -0.2) is 223 Å². The Hall–Kier alpha value is -14.6. The Kier molecular flexibility index (Phi) is 40.4. The summed E-state index contributed by atoms with van der Waals surface area (Å²) in [5.41, 5.74) is 16.3. The van der Waals surface area contributed by atoms with Crippen LogP contribution in [0, 0.1) is 0 Å². The molecule has 2 aliphatic carbocycles. The number of benzene rings is 13. The van der Waals surface area contributed by atoms with Crippen molar-refractivity contribution in [2.24, 2.45) is 0 Å². The minimum atomic E-state index is -0.337. The maximum absolute atomic E-state index is 12.7. The van der Waals surface area contributed by atoms with Gasteiger partial charge in [0.1, 0.15) is 83.8 Å². The van der Waals surface area contributed by atoms with Crippen molar-refractivity contribution in [3.8, 4) is 22.3 Å². The van der Waals surface area contributed by atoms with Gasteiger partial charge in [-0.2, -0.15) is 0 Å². The van der Waals surface area contributed by atoms with E-state index in [4.69, 9.17) is 43.1 Å². The molecule has 18 aromatic rings. The van der Waals surface area contributed by atoms with Gasteiger partial charge in [-0.15, -0.1) is 0 Å². The number of hydrogen-bond acceptors (Lipinski definition) is 25. The van der Waals surface area contributed by atoms with Crippen LogP contribution in [0.25, 0.3) is 109 Å². The molecule has 0 spiro atoms. The number of aromatic nitrogens is 5. The van der Waals surface area contributed by atoms with Crippen LogP contribution in [0.5, 0.6) is 0 Å². The van der Waals surface area contributed by atoms with Crippen molar-refractivity contribution >= 4 is 145 Å². The first kappa shape index (κ1) is 109. The number of ether oxygens (including phenoxy) is 7. The number of aryl methyl sites for hydroxylation is 1. The summed E-state index contributed by atoms with van der Waals surface area (Å²) in [5.74, 6) is 2.99. The molecule has 5 aromatic heterocycles.